The van der Waals surface area contributed by atoms with E-state index in [1.54, 1.807) is 0 Å². The highest BCUT2D eigenvalue weighted by Crippen LogP contribution is 2.69. The minimum Gasteiger partial charge on any atom is -0.374 e. The van der Waals surface area contributed by atoms with Gasteiger partial charge in [-0.2, -0.15) is 0 Å². The molecule has 6 heteroatoms. The van der Waals surface area contributed by atoms with Crippen LogP contribution >= 0.6 is 6.42 Å². The van der Waals surface area contributed by atoms with E-state index >= 15 is 0 Å². The van der Waals surface area contributed by atoms with Crippen LogP contribution in [0.2, 0.25) is 0 Å². The number of hydrogen-bond donors (Lipinski definition) is 1. The summed E-state index contributed by atoms with van der Waals surface area (Å²) in [6.07, 6.45) is 9.97. The fraction of sp³-hybridized carbons (Fsp3) is 0.583. The minimum atomic E-state index is -2.44. The van der Waals surface area contributed by atoms with Crippen molar-refractivity contribution in [3.63, 3.8) is 0 Å². The Morgan fingerprint density at radius 1 is 1.03 bits per heavy atom. The number of piperidine rings is 1. The second kappa shape index (κ2) is 8.00. The van der Waals surface area contributed by atoms with Gasteiger partial charge < -0.3 is 9.42 Å². The van der Waals surface area contributed by atoms with E-state index in [0.717, 1.165) is 38.0 Å². The lowest BCUT2D eigenvalue weighted by molar-refractivity contribution is 0.232. The third-order valence-corrected chi connectivity index (χ3v) is 10.6. The van der Waals surface area contributed by atoms with Crippen LogP contribution in [0.5, 0.6) is 0 Å². The van der Waals surface area contributed by atoms with Crippen molar-refractivity contribution in [2.24, 2.45) is 5.41 Å². The highest BCUT2D eigenvalue weighted by atomic mass is 32.4. The average Bonchev–Trinajstić information content (AvgIpc) is 3.34. The van der Waals surface area contributed by atoms with Crippen LogP contribution in [0, 0.1) is 5.41 Å². The molecule has 0 bridgehead atoms. The molecule has 1 N–H and O–H groups in total. The van der Waals surface area contributed by atoms with Gasteiger partial charge in [0, 0.05) is 18.8 Å². The molecule has 5 rings (SSSR count). The predicted octanol–water partition coefficient (Wildman–Crippen LogP) is 6.29. The molecular formula is C24H34N3OPS. The second-order valence-electron chi connectivity index (χ2n) is 9.86. The average molecular weight is 444 g/mol. The summed E-state index contributed by atoms with van der Waals surface area (Å²) >= 11 is 6.55. The number of nitrogens with one attached hydrogen (secondary N) is 1. The molecule has 1 atom stereocenters. The molecule has 2 aliphatic carbocycles. The Kier molecular flexibility index (Phi) is 5.49. The number of fused-ring (bicyclic) bond motifs is 1. The van der Waals surface area contributed by atoms with Crippen LogP contribution in [0.1, 0.15) is 65.2 Å². The number of benzene rings is 1. The van der Waals surface area contributed by atoms with E-state index in [2.05, 4.69) is 65.4 Å². The van der Waals surface area contributed by atoms with Gasteiger partial charge in [-0.15, -0.1) is 0 Å². The summed E-state index contributed by atoms with van der Waals surface area (Å²) < 4.78 is 9.16. The molecule has 1 saturated carbocycles. The summed E-state index contributed by atoms with van der Waals surface area (Å²) in [6.45, 7) is 6.97. The quantitative estimate of drug-likeness (QED) is 0.552. The van der Waals surface area contributed by atoms with Gasteiger partial charge in [0.1, 0.15) is 0 Å². The molecule has 30 heavy (non-hydrogen) atoms. The Morgan fingerprint density at radius 2 is 1.73 bits per heavy atom. The maximum atomic E-state index is 6.95. The van der Waals surface area contributed by atoms with Crippen LogP contribution in [0.4, 0.5) is 5.69 Å². The van der Waals surface area contributed by atoms with E-state index in [4.69, 9.17) is 16.3 Å². The van der Waals surface area contributed by atoms with Gasteiger partial charge in [0.25, 0.3) is 0 Å². The lowest BCUT2D eigenvalue weighted by atomic mass is 9.82. The number of para-hydroxylation sites is 1. The van der Waals surface area contributed by atoms with Crippen molar-refractivity contribution in [3.8, 4) is 0 Å². The highest BCUT2D eigenvalue weighted by Gasteiger charge is 2.48. The first-order valence-electron chi connectivity index (χ1n) is 11.6. The second-order valence-corrected chi connectivity index (χ2v) is 13.4. The lowest BCUT2D eigenvalue weighted by Gasteiger charge is -2.39. The number of nitrogens with zero attached hydrogens (tertiary/aromatic N) is 2. The number of rotatable bonds is 4. The molecule has 4 aliphatic rings. The highest BCUT2D eigenvalue weighted by molar-refractivity contribution is 8.15. The van der Waals surface area contributed by atoms with Gasteiger partial charge in [-0.1, -0.05) is 51.0 Å². The van der Waals surface area contributed by atoms with E-state index in [1.807, 2.05) is 0 Å². The zero-order valence-corrected chi connectivity index (χ0v) is 20.0. The molecule has 0 aromatic heterocycles. The lowest BCUT2D eigenvalue weighted by Crippen LogP contribution is -2.34. The summed E-state index contributed by atoms with van der Waals surface area (Å²) in [5.74, 6) is 0. The van der Waals surface area contributed by atoms with Gasteiger partial charge in [0.2, 0.25) is 6.42 Å². The van der Waals surface area contributed by atoms with Gasteiger partial charge in [0.05, 0.1) is 22.8 Å². The van der Waals surface area contributed by atoms with Gasteiger partial charge in [-0.05, 0) is 67.9 Å². The summed E-state index contributed by atoms with van der Waals surface area (Å²) in [4.78, 5) is 2.63. The van der Waals surface area contributed by atoms with Crippen molar-refractivity contribution in [2.75, 3.05) is 17.9 Å². The Labute approximate surface area is 186 Å². The number of likely N-dealkylation sites (tertiary alicyclic amines) is 1. The van der Waals surface area contributed by atoms with Crippen molar-refractivity contribution >= 4 is 23.9 Å². The van der Waals surface area contributed by atoms with E-state index in [1.165, 1.54) is 48.8 Å². The van der Waals surface area contributed by atoms with Gasteiger partial charge >= 0.3 is 0 Å². The molecule has 4 nitrogen and oxygen atoms in total. The standard InChI is InChI=1S/C24H34N3OPS/c1-24(2)17-21-23(22(18-24)26-15-9-4-10-16-26)29(30,28-20-13-7-8-14-20)27(25-21)19-11-5-3-6-12-19/h3,5-6,11-12,17,20,25H,4,7-10,13-16,18H2,1-2H3/t29-/m1/s1. The Balaban J connectivity index is 1.64. The zero-order chi connectivity index (χ0) is 20.8. The van der Waals surface area contributed by atoms with E-state index in [0.29, 0.717) is 0 Å². The Morgan fingerprint density at radius 3 is 2.43 bits per heavy atom. The minimum absolute atomic E-state index is 0.110. The molecule has 0 radical (unpaired) electrons. The molecule has 1 aromatic carbocycles. The normalized spacial score (nSPS) is 29.1. The number of anilines is 1. The molecule has 3 fully saturated rings. The molecule has 0 amide bonds. The largest absolute Gasteiger partial charge is 0.374 e. The fourth-order valence-electron chi connectivity index (χ4n) is 5.37. The fourth-order valence-corrected chi connectivity index (χ4v) is 9.41. The van der Waals surface area contributed by atoms with Crippen LogP contribution < -0.4 is 10.2 Å². The first kappa shape index (κ1) is 20.6. The van der Waals surface area contributed by atoms with Crippen molar-refractivity contribution in [1.82, 2.24) is 10.3 Å². The summed E-state index contributed by atoms with van der Waals surface area (Å²) in [5.41, 5.74) is 7.59. The van der Waals surface area contributed by atoms with Crippen LogP contribution in [0.15, 0.2) is 53.1 Å². The van der Waals surface area contributed by atoms with Crippen LogP contribution in [-0.4, -0.2) is 24.1 Å². The van der Waals surface area contributed by atoms with E-state index in [9.17, 15) is 0 Å². The molecule has 162 valence electrons. The third kappa shape index (κ3) is 3.74. The van der Waals surface area contributed by atoms with Crippen LogP contribution in [0.25, 0.3) is 0 Å². The van der Waals surface area contributed by atoms with Crippen molar-refractivity contribution in [1.29, 1.82) is 0 Å². The smallest absolute Gasteiger partial charge is 0.208 e. The van der Waals surface area contributed by atoms with Gasteiger partial charge in [-0.3, -0.25) is 5.43 Å². The number of hydrazine groups is 1. The van der Waals surface area contributed by atoms with Gasteiger partial charge in [-0.25, -0.2) is 4.78 Å². The topological polar surface area (TPSA) is 27.7 Å². The molecule has 2 saturated heterocycles. The Bertz CT molecular complexity index is 898. The van der Waals surface area contributed by atoms with Crippen molar-refractivity contribution in [3.05, 3.63) is 53.1 Å². The van der Waals surface area contributed by atoms with Crippen molar-refractivity contribution < 1.29 is 4.52 Å². The molecule has 0 spiro atoms. The van der Waals surface area contributed by atoms with Crippen LogP contribution in [0.3, 0.4) is 0 Å². The predicted molar refractivity (Wildman–Crippen MR) is 129 cm³/mol. The first-order chi connectivity index (χ1) is 14.5. The molecule has 2 aliphatic heterocycles. The first-order valence-corrected chi connectivity index (χ1v) is 14.3. The van der Waals surface area contributed by atoms with Crippen molar-refractivity contribution in [2.45, 2.75) is 71.3 Å². The monoisotopic (exact) mass is 443 g/mol. The molecule has 0 unspecified atom stereocenters. The summed E-state index contributed by atoms with van der Waals surface area (Å²) in [6, 6.07) is 10.5. The van der Waals surface area contributed by atoms with E-state index in [-0.39, 0.29) is 11.5 Å². The maximum absolute atomic E-state index is 6.95. The summed E-state index contributed by atoms with van der Waals surface area (Å²) in [7, 11) is 0. The third-order valence-electron chi connectivity index (χ3n) is 6.79. The number of allylic oxidation sites excluding steroid dienone is 3. The SMILES string of the molecule is CC1(C)C=C2NN(c3ccccc3)[P@@](=S)(OC3CCCC3)C2=C(N2CCCCC2)C1. The van der Waals surface area contributed by atoms with Gasteiger partial charge in [0.15, 0.2) is 0 Å². The zero-order valence-electron chi connectivity index (χ0n) is 18.3. The van der Waals surface area contributed by atoms with Crippen LogP contribution in [-0.2, 0) is 16.3 Å². The maximum Gasteiger partial charge on any atom is 0.208 e. The van der Waals surface area contributed by atoms with E-state index < -0.39 is 6.42 Å². The molecule has 2 heterocycles. The summed E-state index contributed by atoms with van der Waals surface area (Å²) in [5, 5.41) is 1.30. The molecular weight excluding hydrogens is 409 g/mol. The number of hydrogen-bond acceptors (Lipinski definition) is 4. The Hall–Kier alpha value is -1.29. The molecule has 1 aromatic rings.